The average molecular weight is 479 g/mol. The molecule has 0 radical (unpaired) electrons. The molecule has 0 aliphatic heterocycles. The van der Waals surface area contributed by atoms with Crippen molar-refractivity contribution in [2.45, 2.75) is 18.4 Å². The lowest BCUT2D eigenvalue weighted by Gasteiger charge is -2.14. The lowest BCUT2D eigenvalue weighted by atomic mass is 10.0. The molecule has 0 bridgehead atoms. The van der Waals surface area contributed by atoms with Crippen molar-refractivity contribution in [1.82, 2.24) is 9.97 Å². The number of methoxy groups -OCH3 is 1. The first kappa shape index (κ1) is 22.9. The van der Waals surface area contributed by atoms with Gasteiger partial charge in [0.05, 0.1) is 17.3 Å². The number of ether oxygens (including phenoxy) is 2. The monoisotopic (exact) mass is 478 g/mol. The highest BCUT2D eigenvalue weighted by atomic mass is 35.5. The van der Waals surface area contributed by atoms with Gasteiger partial charge in [0.25, 0.3) is 0 Å². The molecule has 168 valence electrons. The van der Waals surface area contributed by atoms with E-state index in [-0.39, 0.29) is 0 Å². The predicted molar refractivity (Wildman–Crippen MR) is 135 cm³/mol. The Morgan fingerprint density at radius 1 is 1.00 bits per heavy atom. The number of rotatable bonds is 8. The third-order valence-corrected chi connectivity index (χ3v) is 5.86. The van der Waals surface area contributed by atoms with Gasteiger partial charge < -0.3 is 15.2 Å². The highest BCUT2D eigenvalue weighted by Crippen LogP contribution is 2.34. The van der Waals surface area contributed by atoms with Gasteiger partial charge in [-0.2, -0.15) is 4.98 Å². The third kappa shape index (κ3) is 5.76. The van der Waals surface area contributed by atoms with E-state index in [1.807, 2.05) is 67.6 Å². The van der Waals surface area contributed by atoms with Gasteiger partial charge in [0.15, 0.2) is 5.75 Å². The summed E-state index contributed by atoms with van der Waals surface area (Å²) in [4.78, 5) is 10.2. The van der Waals surface area contributed by atoms with Crippen LogP contribution >= 0.6 is 23.5 Å². The van der Waals surface area contributed by atoms with Crippen molar-refractivity contribution < 1.29 is 9.47 Å². The Kier molecular flexibility index (Phi) is 7.34. The Morgan fingerprint density at radius 2 is 1.82 bits per heavy atom. The van der Waals surface area contributed by atoms with E-state index in [2.05, 4.69) is 9.71 Å². The number of nitrogens with one attached hydrogen (secondary N) is 1. The predicted octanol–water partition coefficient (Wildman–Crippen LogP) is 6.75. The maximum Gasteiger partial charge on any atom is 0.237 e. The highest BCUT2D eigenvalue weighted by Gasteiger charge is 2.14. The largest absolute Gasteiger partial charge is 0.437 e. The summed E-state index contributed by atoms with van der Waals surface area (Å²) < 4.78 is 14.7. The van der Waals surface area contributed by atoms with Crippen LogP contribution in [0.1, 0.15) is 11.1 Å². The molecule has 33 heavy (non-hydrogen) atoms. The van der Waals surface area contributed by atoms with Crippen molar-refractivity contribution >= 4 is 35.2 Å². The summed E-state index contributed by atoms with van der Waals surface area (Å²) in [5, 5.41) is 0.513. The topological polar surface area (TPSA) is 82.3 Å². The molecule has 0 atom stereocenters. The molecule has 0 spiro atoms. The molecule has 0 fully saturated rings. The zero-order valence-electron chi connectivity index (χ0n) is 18.2. The highest BCUT2D eigenvalue weighted by molar-refractivity contribution is 8.00. The molecule has 0 aliphatic rings. The molecule has 3 aromatic carbocycles. The lowest BCUT2D eigenvalue weighted by molar-refractivity contribution is 0.185. The Balaban J connectivity index is 1.73. The molecular formula is C25H23ClN4O2S. The fourth-order valence-electron chi connectivity index (χ4n) is 3.25. The molecule has 0 saturated heterocycles. The average Bonchev–Trinajstić information content (AvgIpc) is 2.81. The Labute approximate surface area is 202 Å². The van der Waals surface area contributed by atoms with Crippen molar-refractivity contribution in [3.63, 3.8) is 0 Å². The first-order valence-electron chi connectivity index (χ1n) is 10.2. The SMILES string of the molecule is COCc1ccccc1-c1cc(Oc2c(C)cccc2Cl)nc(NSc2cccc(N)c2)n1. The number of nitrogens with two attached hydrogens (primary N) is 1. The van der Waals surface area contributed by atoms with Crippen LogP contribution in [-0.2, 0) is 11.3 Å². The van der Waals surface area contributed by atoms with Crippen LogP contribution in [0.15, 0.2) is 77.7 Å². The maximum absolute atomic E-state index is 6.38. The number of hydrogen-bond acceptors (Lipinski definition) is 7. The van der Waals surface area contributed by atoms with Crippen LogP contribution < -0.4 is 15.2 Å². The van der Waals surface area contributed by atoms with Crippen molar-refractivity contribution in [2.24, 2.45) is 0 Å². The van der Waals surface area contributed by atoms with Crippen LogP contribution in [-0.4, -0.2) is 17.1 Å². The van der Waals surface area contributed by atoms with Crippen LogP contribution in [0.2, 0.25) is 5.02 Å². The summed E-state index contributed by atoms with van der Waals surface area (Å²) in [5.74, 6) is 1.33. The smallest absolute Gasteiger partial charge is 0.237 e. The fraction of sp³-hybridized carbons (Fsp3) is 0.120. The van der Waals surface area contributed by atoms with E-state index in [4.69, 9.17) is 31.8 Å². The Morgan fingerprint density at radius 3 is 2.61 bits per heavy atom. The second-order valence-corrected chi connectivity index (χ2v) is 8.56. The summed E-state index contributed by atoms with van der Waals surface area (Å²) >= 11 is 7.75. The summed E-state index contributed by atoms with van der Waals surface area (Å²) in [5.41, 5.74) is 10.1. The maximum atomic E-state index is 6.38. The first-order valence-corrected chi connectivity index (χ1v) is 11.4. The van der Waals surface area contributed by atoms with Crippen LogP contribution in [0.5, 0.6) is 11.6 Å². The van der Waals surface area contributed by atoms with Gasteiger partial charge in [-0.1, -0.05) is 54.1 Å². The fourth-order valence-corrected chi connectivity index (χ4v) is 4.15. The molecule has 1 aromatic heterocycles. The first-order chi connectivity index (χ1) is 16.0. The van der Waals surface area contributed by atoms with E-state index in [9.17, 15) is 0 Å². The molecule has 4 aromatic rings. The summed E-state index contributed by atoms with van der Waals surface area (Å²) in [6, 6.07) is 22.9. The third-order valence-electron chi connectivity index (χ3n) is 4.78. The van der Waals surface area contributed by atoms with Crippen molar-refractivity contribution in [2.75, 3.05) is 17.6 Å². The quantitative estimate of drug-likeness (QED) is 0.214. The van der Waals surface area contributed by atoms with Crippen LogP contribution in [0, 0.1) is 6.92 Å². The molecule has 0 amide bonds. The number of nitrogen functional groups attached to an aromatic ring is 1. The van der Waals surface area contributed by atoms with Gasteiger partial charge in [-0.3, -0.25) is 4.72 Å². The van der Waals surface area contributed by atoms with Gasteiger partial charge in [-0.05, 0) is 54.3 Å². The van der Waals surface area contributed by atoms with Crippen molar-refractivity contribution in [3.05, 3.63) is 88.9 Å². The molecule has 0 unspecified atom stereocenters. The molecule has 8 heteroatoms. The van der Waals surface area contributed by atoms with Gasteiger partial charge in [0.1, 0.15) is 0 Å². The van der Waals surface area contributed by atoms with Gasteiger partial charge in [-0.15, -0.1) is 0 Å². The van der Waals surface area contributed by atoms with E-state index in [0.717, 1.165) is 21.6 Å². The summed E-state index contributed by atoms with van der Waals surface area (Å²) in [6.07, 6.45) is 0. The molecule has 0 aliphatic carbocycles. The van der Waals surface area contributed by atoms with Crippen LogP contribution in [0.4, 0.5) is 11.6 Å². The van der Waals surface area contributed by atoms with Crippen molar-refractivity contribution in [1.29, 1.82) is 0 Å². The summed E-state index contributed by atoms with van der Waals surface area (Å²) in [6.45, 7) is 2.40. The standard InChI is InChI=1S/C25H23ClN4O2S/c1-16-7-5-12-21(26)24(16)32-23-14-22(20-11-4-3-8-17(20)15-31-2)28-25(29-23)30-33-19-10-6-9-18(27)13-19/h3-14H,15,27H2,1-2H3,(H,28,29,30). The number of aryl methyl sites for hydroxylation is 1. The number of benzene rings is 3. The molecule has 1 heterocycles. The Bertz CT molecular complexity index is 1250. The van der Waals surface area contributed by atoms with E-state index in [1.54, 1.807) is 19.2 Å². The van der Waals surface area contributed by atoms with E-state index in [1.165, 1.54) is 11.9 Å². The van der Waals surface area contributed by atoms with Gasteiger partial charge in [-0.25, -0.2) is 4.98 Å². The van der Waals surface area contributed by atoms with Crippen LogP contribution in [0.25, 0.3) is 11.3 Å². The minimum atomic E-state index is 0.374. The van der Waals surface area contributed by atoms with Gasteiger partial charge in [0, 0.05) is 29.3 Å². The minimum absolute atomic E-state index is 0.374. The molecule has 6 nitrogen and oxygen atoms in total. The number of aromatic nitrogens is 2. The number of nitrogens with zero attached hydrogens (tertiary/aromatic N) is 2. The zero-order chi connectivity index (χ0) is 23.2. The number of hydrogen-bond donors (Lipinski definition) is 2. The van der Waals surface area contributed by atoms with Crippen molar-refractivity contribution in [3.8, 4) is 22.9 Å². The molecule has 3 N–H and O–H groups in total. The minimum Gasteiger partial charge on any atom is -0.437 e. The zero-order valence-corrected chi connectivity index (χ0v) is 19.8. The molecule has 0 saturated carbocycles. The van der Waals surface area contributed by atoms with E-state index >= 15 is 0 Å². The lowest BCUT2D eigenvalue weighted by Crippen LogP contribution is -2.01. The number of halogens is 1. The molecule has 4 rings (SSSR count). The Hall–Kier alpha value is -3.26. The van der Waals surface area contributed by atoms with Gasteiger partial charge >= 0.3 is 0 Å². The number of anilines is 2. The molecular weight excluding hydrogens is 456 g/mol. The van der Waals surface area contributed by atoms with Gasteiger partial charge in [0.2, 0.25) is 11.8 Å². The second-order valence-electron chi connectivity index (χ2n) is 7.27. The normalized spacial score (nSPS) is 10.8. The number of para-hydroxylation sites is 1. The van der Waals surface area contributed by atoms with E-state index in [0.29, 0.717) is 40.6 Å². The van der Waals surface area contributed by atoms with Crippen LogP contribution in [0.3, 0.4) is 0 Å². The summed E-state index contributed by atoms with van der Waals surface area (Å²) in [7, 11) is 1.67. The van der Waals surface area contributed by atoms with E-state index < -0.39 is 0 Å². The second kappa shape index (κ2) is 10.6.